The van der Waals surface area contributed by atoms with Crippen molar-refractivity contribution in [2.45, 2.75) is 39.7 Å². The third-order valence-electron chi connectivity index (χ3n) is 4.40. The summed E-state index contributed by atoms with van der Waals surface area (Å²) in [5, 5.41) is 7.02. The van der Waals surface area contributed by atoms with Gasteiger partial charge in [-0.2, -0.15) is 0 Å². The molecular weight excluding hydrogens is 274 g/mol. The largest absolute Gasteiger partial charge is 0.486 e. The predicted octanol–water partition coefficient (Wildman–Crippen LogP) is 2.74. The molecule has 4 heteroatoms. The van der Waals surface area contributed by atoms with E-state index in [1.165, 1.54) is 5.56 Å². The molecule has 22 heavy (non-hydrogen) atoms. The first kappa shape index (κ1) is 17.1. The van der Waals surface area contributed by atoms with Gasteiger partial charge in [-0.25, -0.2) is 0 Å². The molecule has 1 aliphatic rings. The fourth-order valence-corrected chi connectivity index (χ4v) is 2.78. The number of benzene rings is 1. The Morgan fingerprint density at radius 3 is 2.77 bits per heavy atom. The minimum absolute atomic E-state index is 0.306. The molecule has 0 spiro atoms. The second-order valence-electron chi connectivity index (χ2n) is 5.89. The first-order chi connectivity index (χ1) is 10.8. The van der Waals surface area contributed by atoms with Gasteiger partial charge in [0.05, 0.1) is 12.2 Å². The Kier molecular flexibility index (Phi) is 7.00. The van der Waals surface area contributed by atoms with E-state index in [4.69, 9.17) is 4.74 Å². The minimum Gasteiger partial charge on any atom is -0.486 e. The second-order valence-corrected chi connectivity index (χ2v) is 5.89. The molecule has 1 aliphatic heterocycles. The Morgan fingerprint density at radius 2 is 2.05 bits per heavy atom. The molecule has 1 atom stereocenters. The average Bonchev–Trinajstić information content (AvgIpc) is 2.57. The first-order valence-corrected chi connectivity index (χ1v) is 8.73. The van der Waals surface area contributed by atoms with E-state index < -0.39 is 0 Å². The van der Waals surface area contributed by atoms with Crippen LogP contribution in [0.25, 0.3) is 0 Å². The fourth-order valence-electron chi connectivity index (χ4n) is 2.78. The van der Waals surface area contributed by atoms with Gasteiger partial charge in [0.1, 0.15) is 11.9 Å². The zero-order valence-corrected chi connectivity index (χ0v) is 14.3. The lowest BCUT2D eigenvalue weighted by Crippen LogP contribution is -2.32. The summed E-state index contributed by atoms with van der Waals surface area (Å²) < 4.78 is 5.95. The normalized spacial score (nSPS) is 17.0. The molecule has 2 rings (SSSR count). The van der Waals surface area contributed by atoms with Gasteiger partial charge in [-0.3, -0.25) is 0 Å². The van der Waals surface area contributed by atoms with Crippen molar-refractivity contribution in [2.24, 2.45) is 0 Å². The van der Waals surface area contributed by atoms with Gasteiger partial charge in [-0.1, -0.05) is 26.8 Å². The van der Waals surface area contributed by atoms with Crippen molar-refractivity contribution in [1.29, 1.82) is 0 Å². The summed E-state index contributed by atoms with van der Waals surface area (Å²) in [5.41, 5.74) is 2.51. The van der Waals surface area contributed by atoms with Gasteiger partial charge in [0.2, 0.25) is 0 Å². The van der Waals surface area contributed by atoms with Crippen LogP contribution in [-0.2, 0) is 6.42 Å². The molecule has 1 heterocycles. The van der Waals surface area contributed by atoms with Crippen LogP contribution >= 0.6 is 0 Å². The van der Waals surface area contributed by atoms with Gasteiger partial charge in [0, 0.05) is 13.1 Å². The summed E-state index contributed by atoms with van der Waals surface area (Å²) in [7, 11) is 0. The van der Waals surface area contributed by atoms with E-state index in [2.05, 4.69) is 54.5 Å². The molecule has 1 aromatic rings. The van der Waals surface area contributed by atoms with Gasteiger partial charge in [-0.05, 0) is 50.2 Å². The maximum atomic E-state index is 5.95. The number of ether oxygens (including phenoxy) is 1. The highest BCUT2D eigenvalue weighted by Gasteiger charge is 2.17. The summed E-state index contributed by atoms with van der Waals surface area (Å²) in [6.45, 7) is 13.0. The summed E-state index contributed by atoms with van der Waals surface area (Å²) >= 11 is 0. The van der Waals surface area contributed by atoms with E-state index >= 15 is 0 Å². The highest BCUT2D eigenvalue weighted by Crippen LogP contribution is 2.30. The molecule has 4 nitrogen and oxygen atoms in total. The third-order valence-corrected chi connectivity index (χ3v) is 4.40. The molecule has 0 aliphatic carbocycles. The number of likely N-dealkylation sites (N-methyl/N-ethyl adjacent to an activating group) is 1. The number of rotatable bonds is 9. The van der Waals surface area contributed by atoms with Gasteiger partial charge < -0.3 is 20.3 Å². The highest BCUT2D eigenvalue weighted by atomic mass is 16.5. The van der Waals surface area contributed by atoms with E-state index in [1.54, 1.807) is 0 Å². The average molecular weight is 305 g/mol. The van der Waals surface area contributed by atoms with E-state index in [9.17, 15) is 0 Å². The van der Waals surface area contributed by atoms with Crippen molar-refractivity contribution in [2.75, 3.05) is 44.6 Å². The molecule has 0 saturated carbocycles. The van der Waals surface area contributed by atoms with Crippen LogP contribution in [0.15, 0.2) is 18.2 Å². The molecule has 1 aromatic carbocycles. The number of hydrogen-bond acceptors (Lipinski definition) is 4. The van der Waals surface area contributed by atoms with Crippen molar-refractivity contribution in [3.63, 3.8) is 0 Å². The van der Waals surface area contributed by atoms with Crippen molar-refractivity contribution < 1.29 is 4.74 Å². The SMILES string of the molecule is CCC1CNc2cc(CCNCCN(CC)CC)ccc2O1. The van der Waals surface area contributed by atoms with Crippen molar-refractivity contribution in [3.8, 4) is 5.75 Å². The molecular formula is C18H31N3O. The van der Waals surface area contributed by atoms with Crippen LogP contribution in [-0.4, -0.2) is 50.3 Å². The molecule has 0 radical (unpaired) electrons. The number of nitrogens with one attached hydrogen (secondary N) is 2. The summed E-state index contributed by atoms with van der Waals surface area (Å²) in [4.78, 5) is 2.44. The van der Waals surface area contributed by atoms with E-state index in [0.717, 1.165) is 63.5 Å². The Morgan fingerprint density at radius 1 is 1.23 bits per heavy atom. The van der Waals surface area contributed by atoms with Gasteiger partial charge >= 0.3 is 0 Å². The Bertz CT molecular complexity index is 446. The lowest BCUT2D eigenvalue weighted by Gasteiger charge is -2.27. The van der Waals surface area contributed by atoms with Crippen LogP contribution in [0.5, 0.6) is 5.75 Å². The Balaban J connectivity index is 1.73. The lowest BCUT2D eigenvalue weighted by molar-refractivity contribution is 0.202. The minimum atomic E-state index is 0.306. The summed E-state index contributed by atoms with van der Waals surface area (Å²) in [6, 6.07) is 6.52. The molecule has 0 amide bonds. The van der Waals surface area contributed by atoms with Crippen molar-refractivity contribution >= 4 is 5.69 Å². The van der Waals surface area contributed by atoms with Crippen molar-refractivity contribution in [1.82, 2.24) is 10.2 Å². The quantitative estimate of drug-likeness (QED) is 0.688. The van der Waals surface area contributed by atoms with Gasteiger partial charge in [0.25, 0.3) is 0 Å². The molecule has 124 valence electrons. The fraction of sp³-hybridized carbons (Fsp3) is 0.667. The molecule has 1 unspecified atom stereocenters. The van der Waals surface area contributed by atoms with Crippen LogP contribution in [0.4, 0.5) is 5.69 Å². The molecule has 0 aromatic heterocycles. The standard InChI is InChI=1S/C18H31N3O/c1-4-16-14-20-17-13-15(7-8-18(17)22-16)9-10-19-11-12-21(5-2)6-3/h7-8,13,16,19-20H,4-6,9-12,14H2,1-3H3. The molecule has 2 N–H and O–H groups in total. The van der Waals surface area contributed by atoms with Crippen LogP contribution in [0.2, 0.25) is 0 Å². The van der Waals surface area contributed by atoms with Gasteiger partial charge in [0.15, 0.2) is 0 Å². The molecule has 0 fully saturated rings. The van der Waals surface area contributed by atoms with Crippen LogP contribution in [0, 0.1) is 0 Å². The molecule has 0 saturated heterocycles. The van der Waals surface area contributed by atoms with Crippen LogP contribution in [0.1, 0.15) is 32.8 Å². The third kappa shape index (κ3) is 4.89. The Hall–Kier alpha value is -1.26. The number of hydrogen-bond donors (Lipinski definition) is 2. The summed E-state index contributed by atoms with van der Waals surface area (Å²) in [5.74, 6) is 0.997. The maximum Gasteiger partial charge on any atom is 0.142 e. The van der Waals surface area contributed by atoms with Crippen LogP contribution < -0.4 is 15.4 Å². The lowest BCUT2D eigenvalue weighted by atomic mass is 10.1. The van der Waals surface area contributed by atoms with E-state index in [-0.39, 0.29) is 0 Å². The zero-order valence-electron chi connectivity index (χ0n) is 14.3. The van der Waals surface area contributed by atoms with E-state index in [0.29, 0.717) is 6.10 Å². The number of fused-ring (bicyclic) bond motifs is 1. The summed E-state index contributed by atoms with van der Waals surface area (Å²) in [6.07, 6.45) is 2.41. The maximum absolute atomic E-state index is 5.95. The van der Waals surface area contributed by atoms with Gasteiger partial charge in [-0.15, -0.1) is 0 Å². The monoisotopic (exact) mass is 305 g/mol. The zero-order chi connectivity index (χ0) is 15.8. The highest BCUT2D eigenvalue weighted by molar-refractivity contribution is 5.59. The first-order valence-electron chi connectivity index (χ1n) is 8.73. The smallest absolute Gasteiger partial charge is 0.142 e. The predicted molar refractivity (Wildman–Crippen MR) is 94.0 cm³/mol. The number of anilines is 1. The van der Waals surface area contributed by atoms with E-state index in [1.807, 2.05) is 0 Å². The Labute approximate surface area is 135 Å². The van der Waals surface area contributed by atoms with Crippen molar-refractivity contribution in [3.05, 3.63) is 23.8 Å². The molecule has 0 bridgehead atoms. The van der Waals surface area contributed by atoms with Crippen LogP contribution in [0.3, 0.4) is 0 Å². The topological polar surface area (TPSA) is 36.5 Å². The second kappa shape index (κ2) is 9.01. The number of nitrogens with zero attached hydrogens (tertiary/aromatic N) is 1.